The first-order valence-electron chi connectivity index (χ1n) is 7.89. The second-order valence-electron chi connectivity index (χ2n) is 5.93. The summed E-state index contributed by atoms with van der Waals surface area (Å²) in [6.07, 6.45) is 0.652. The molecular weight excluding hydrogens is 297 g/mol. The van der Waals surface area contributed by atoms with Crippen LogP contribution >= 0.6 is 0 Å². The Labute approximate surface area is 137 Å². The fourth-order valence-corrected chi connectivity index (χ4v) is 1.92. The Kier molecular flexibility index (Phi) is 7.51. The van der Waals surface area contributed by atoms with Gasteiger partial charge in [0.2, 0.25) is 5.91 Å². The Morgan fingerprint density at radius 1 is 1.13 bits per heavy atom. The molecular formula is C17H26FN3O2. The molecule has 0 saturated heterocycles. The number of carbonyl (C=O) groups is 2. The van der Waals surface area contributed by atoms with Crippen molar-refractivity contribution in [1.82, 2.24) is 16.0 Å². The van der Waals surface area contributed by atoms with Gasteiger partial charge in [-0.15, -0.1) is 0 Å². The lowest BCUT2D eigenvalue weighted by Gasteiger charge is -2.16. The molecule has 0 aliphatic rings. The van der Waals surface area contributed by atoms with Crippen molar-refractivity contribution in [3.8, 4) is 0 Å². The summed E-state index contributed by atoms with van der Waals surface area (Å²) in [6, 6.07) is 4.32. The number of rotatable bonds is 7. The van der Waals surface area contributed by atoms with Crippen molar-refractivity contribution in [3.63, 3.8) is 0 Å². The van der Waals surface area contributed by atoms with Crippen LogP contribution in [-0.2, 0) is 4.79 Å². The first-order valence-corrected chi connectivity index (χ1v) is 7.89. The molecule has 0 bridgehead atoms. The van der Waals surface area contributed by atoms with Crippen LogP contribution in [0, 0.1) is 18.7 Å². The lowest BCUT2D eigenvalue weighted by Crippen LogP contribution is -2.38. The Bertz CT molecular complexity index is 547. The molecule has 5 nitrogen and oxygen atoms in total. The standard InChI is InChI=1S/C17H26FN3O2/c1-11(2)16(22)19-8-5-9-20-17(23)21-13(4)14-7-6-12(3)15(18)10-14/h6-7,10-11,13H,5,8-9H2,1-4H3,(H,19,22)(H2,20,21,23). The summed E-state index contributed by atoms with van der Waals surface area (Å²) >= 11 is 0. The van der Waals surface area contributed by atoms with E-state index in [-0.39, 0.29) is 29.7 Å². The lowest BCUT2D eigenvalue weighted by atomic mass is 10.1. The van der Waals surface area contributed by atoms with Gasteiger partial charge in [-0.2, -0.15) is 0 Å². The number of halogens is 1. The molecule has 0 fully saturated rings. The number of hydrogen-bond donors (Lipinski definition) is 3. The maximum Gasteiger partial charge on any atom is 0.315 e. The van der Waals surface area contributed by atoms with E-state index in [2.05, 4.69) is 16.0 Å². The third kappa shape index (κ3) is 6.67. The predicted molar refractivity (Wildman–Crippen MR) is 88.6 cm³/mol. The molecule has 1 rings (SSSR count). The van der Waals surface area contributed by atoms with Crippen molar-refractivity contribution in [2.75, 3.05) is 13.1 Å². The molecule has 0 aliphatic carbocycles. The monoisotopic (exact) mass is 323 g/mol. The van der Waals surface area contributed by atoms with Crippen LogP contribution in [0.2, 0.25) is 0 Å². The van der Waals surface area contributed by atoms with Crippen LogP contribution in [0.15, 0.2) is 18.2 Å². The average Bonchev–Trinajstić information content (AvgIpc) is 2.49. The molecule has 0 aromatic heterocycles. The summed E-state index contributed by atoms with van der Waals surface area (Å²) in [5.41, 5.74) is 1.29. The topological polar surface area (TPSA) is 70.2 Å². The van der Waals surface area contributed by atoms with E-state index >= 15 is 0 Å². The van der Waals surface area contributed by atoms with Crippen molar-refractivity contribution in [2.24, 2.45) is 5.92 Å². The average molecular weight is 323 g/mol. The third-order valence-electron chi connectivity index (χ3n) is 3.51. The highest BCUT2D eigenvalue weighted by molar-refractivity contribution is 5.77. The van der Waals surface area contributed by atoms with Crippen molar-refractivity contribution in [1.29, 1.82) is 0 Å². The van der Waals surface area contributed by atoms with Gasteiger partial charge in [-0.3, -0.25) is 4.79 Å². The van der Waals surface area contributed by atoms with Gasteiger partial charge in [0.05, 0.1) is 6.04 Å². The highest BCUT2D eigenvalue weighted by Gasteiger charge is 2.11. The first-order chi connectivity index (χ1) is 10.8. The number of benzene rings is 1. The molecule has 128 valence electrons. The molecule has 0 spiro atoms. The van der Waals surface area contributed by atoms with Crippen molar-refractivity contribution in [3.05, 3.63) is 35.1 Å². The van der Waals surface area contributed by atoms with E-state index in [4.69, 9.17) is 0 Å². The van der Waals surface area contributed by atoms with Crippen molar-refractivity contribution >= 4 is 11.9 Å². The molecule has 1 aromatic rings. The maximum absolute atomic E-state index is 13.5. The second kappa shape index (κ2) is 9.12. The Balaban J connectivity index is 2.28. The molecule has 1 unspecified atom stereocenters. The van der Waals surface area contributed by atoms with Crippen LogP contribution in [0.1, 0.15) is 44.4 Å². The highest BCUT2D eigenvalue weighted by Crippen LogP contribution is 2.16. The number of amides is 3. The van der Waals surface area contributed by atoms with E-state index in [0.717, 1.165) is 0 Å². The molecule has 23 heavy (non-hydrogen) atoms. The zero-order chi connectivity index (χ0) is 17.4. The zero-order valence-electron chi connectivity index (χ0n) is 14.2. The molecule has 0 saturated carbocycles. The smallest absolute Gasteiger partial charge is 0.315 e. The van der Waals surface area contributed by atoms with Crippen molar-refractivity contribution < 1.29 is 14.0 Å². The SMILES string of the molecule is Cc1ccc(C(C)NC(=O)NCCCNC(=O)C(C)C)cc1F. The molecule has 1 atom stereocenters. The molecule has 0 aliphatic heterocycles. The minimum atomic E-state index is -0.311. The summed E-state index contributed by atoms with van der Waals surface area (Å²) in [7, 11) is 0. The normalized spacial score (nSPS) is 11.9. The minimum Gasteiger partial charge on any atom is -0.356 e. The fourth-order valence-electron chi connectivity index (χ4n) is 1.92. The zero-order valence-corrected chi connectivity index (χ0v) is 14.2. The van der Waals surface area contributed by atoms with Gasteiger partial charge in [-0.1, -0.05) is 26.0 Å². The quantitative estimate of drug-likeness (QED) is 0.675. The molecule has 0 radical (unpaired) electrons. The Morgan fingerprint density at radius 2 is 1.78 bits per heavy atom. The highest BCUT2D eigenvalue weighted by atomic mass is 19.1. The number of aryl methyl sites for hydroxylation is 1. The maximum atomic E-state index is 13.5. The molecule has 0 heterocycles. The summed E-state index contributed by atoms with van der Waals surface area (Å²) in [5, 5.41) is 8.26. The summed E-state index contributed by atoms with van der Waals surface area (Å²) in [5.74, 6) is -0.316. The van der Waals surface area contributed by atoms with Crippen LogP contribution < -0.4 is 16.0 Å². The molecule has 3 N–H and O–H groups in total. The van der Waals surface area contributed by atoms with Gasteiger partial charge in [-0.25, -0.2) is 9.18 Å². The van der Waals surface area contributed by atoms with E-state index in [1.807, 2.05) is 13.8 Å². The number of urea groups is 1. The number of nitrogens with one attached hydrogen (secondary N) is 3. The Hall–Kier alpha value is -2.11. The van der Waals surface area contributed by atoms with Crippen LogP contribution in [0.5, 0.6) is 0 Å². The van der Waals surface area contributed by atoms with Gasteiger partial charge in [0.25, 0.3) is 0 Å². The molecule has 1 aromatic carbocycles. The summed E-state index contributed by atoms with van der Waals surface area (Å²) in [6.45, 7) is 8.14. The van der Waals surface area contributed by atoms with Gasteiger partial charge < -0.3 is 16.0 Å². The minimum absolute atomic E-state index is 0.00414. The van der Waals surface area contributed by atoms with Crippen LogP contribution in [-0.4, -0.2) is 25.0 Å². The van der Waals surface area contributed by atoms with Crippen LogP contribution in [0.25, 0.3) is 0 Å². The van der Waals surface area contributed by atoms with Gasteiger partial charge >= 0.3 is 6.03 Å². The van der Waals surface area contributed by atoms with Gasteiger partial charge in [0.15, 0.2) is 0 Å². The van der Waals surface area contributed by atoms with E-state index < -0.39 is 0 Å². The lowest BCUT2D eigenvalue weighted by molar-refractivity contribution is -0.123. The Morgan fingerprint density at radius 3 is 2.39 bits per heavy atom. The van der Waals surface area contributed by atoms with E-state index in [1.165, 1.54) is 6.07 Å². The summed E-state index contributed by atoms with van der Waals surface area (Å²) in [4.78, 5) is 23.1. The van der Waals surface area contributed by atoms with E-state index in [0.29, 0.717) is 30.6 Å². The van der Waals surface area contributed by atoms with Crippen LogP contribution in [0.3, 0.4) is 0 Å². The third-order valence-corrected chi connectivity index (χ3v) is 3.51. The van der Waals surface area contributed by atoms with Crippen molar-refractivity contribution in [2.45, 2.75) is 40.2 Å². The number of hydrogen-bond acceptors (Lipinski definition) is 2. The largest absolute Gasteiger partial charge is 0.356 e. The van der Waals surface area contributed by atoms with Crippen LogP contribution in [0.4, 0.5) is 9.18 Å². The van der Waals surface area contributed by atoms with Gasteiger partial charge in [0, 0.05) is 19.0 Å². The van der Waals surface area contributed by atoms with E-state index in [1.54, 1.807) is 26.0 Å². The first kappa shape index (κ1) is 18.9. The molecule has 3 amide bonds. The summed E-state index contributed by atoms with van der Waals surface area (Å²) < 4.78 is 13.5. The van der Waals surface area contributed by atoms with Gasteiger partial charge in [0.1, 0.15) is 5.82 Å². The molecule has 6 heteroatoms. The van der Waals surface area contributed by atoms with E-state index in [9.17, 15) is 14.0 Å². The fraction of sp³-hybridized carbons (Fsp3) is 0.529. The second-order valence-corrected chi connectivity index (χ2v) is 5.93. The van der Waals surface area contributed by atoms with Gasteiger partial charge in [-0.05, 0) is 37.5 Å². The predicted octanol–water partition coefficient (Wildman–Crippen LogP) is 2.66. The number of carbonyl (C=O) groups excluding carboxylic acids is 2.